The van der Waals surface area contributed by atoms with Crippen molar-refractivity contribution in [2.75, 3.05) is 0 Å². The van der Waals surface area contributed by atoms with Crippen LogP contribution in [0.3, 0.4) is 0 Å². The van der Waals surface area contributed by atoms with Crippen LogP contribution in [0.15, 0.2) is 4.99 Å². The minimum absolute atomic E-state index is 0.490. The van der Waals surface area contributed by atoms with Gasteiger partial charge in [0.05, 0.1) is 0 Å². The molecular formula is C4H6FN3O2. The Balaban J connectivity index is 2.80. The number of urea groups is 1. The highest BCUT2D eigenvalue weighted by Gasteiger charge is 2.28. The number of rotatable bonds is 0. The lowest BCUT2D eigenvalue weighted by molar-refractivity contribution is 0.0852. The van der Waals surface area contributed by atoms with Crippen LogP contribution in [0.4, 0.5) is 9.18 Å². The zero-order valence-electron chi connectivity index (χ0n) is 4.91. The highest BCUT2D eigenvalue weighted by Crippen LogP contribution is 2.01. The lowest BCUT2D eigenvalue weighted by atomic mass is 10.3. The van der Waals surface area contributed by atoms with Crippen molar-refractivity contribution in [3.8, 4) is 0 Å². The Morgan fingerprint density at radius 2 is 2.40 bits per heavy atom. The fourth-order valence-electron chi connectivity index (χ4n) is 0.573. The van der Waals surface area contributed by atoms with Crippen molar-refractivity contribution < 1.29 is 14.3 Å². The van der Waals surface area contributed by atoms with E-state index in [0.29, 0.717) is 0 Å². The third-order valence-electron chi connectivity index (χ3n) is 1.06. The largest absolute Gasteiger partial charge is 0.384 e. The van der Waals surface area contributed by atoms with Gasteiger partial charge in [0.2, 0.25) is 6.17 Å². The third-order valence-corrected chi connectivity index (χ3v) is 1.06. The Hall–Kier alpha value is -1.17. The second kappa shape index (κ2) is 2.22. The number of hydrogen-bond donors (Lipinski definition) is 3. The molecule has 56 valence electrons. The minimum Gasteiger partial charge on any atom is -0.384 e. The summed E-state index contributed by atoms with van der Waals surface area (Å²) in [5.74, 6) is -0.490. The molecule has 0 aliphatic carbocycles. The van der Waals surface area contributed by atoms with Gasteiger partial charge in [-0.25, -0.2) is 9.18 Å². The number of nitrogens with one attached hydrogen (secondary N) is 1. The number of nitrogens with two attached hydrogens (primary N) is 1. The van der Waals surface area contributed by atoms with Crippen molar-refractivity contribution >= 4 is 11.9 Å². The molecule has 0 aromatic carbocycles. The summed E-state index contributed by atoms with van der Waals surface area (Å²) in [6.45, 7) is 0. The van der Waals surface area contributed by atoms with Gasteiger partial charge in [-0.2, -0.15) is 4.99 Å². The molecule has 2 amide bonds. The molecule has 0 fully saturated rings. The zero-order chi connectivity index (χ0) is 7.72. The number of carbonyl (C=O) groups is 1. The molecule has 0 aromatic rings. The molecule has 1 aliphatic rings. The second-order valence-electron chi connectivity index (χ2n) is 1.83. The van der Waals surface area contributed by atoms with E-state index in [2.05, 4.69) is 4.99 Å². The van der Waals surface area contributed by atoms with Crippen molar-refractivity contribution in [3.05, 3.63) is 0 Å². The molecule has 5 nitrogen and oxygen atoms in total. The first kappa shape index (κ1) is 6.94. The molecular weight excluding hydrogens is 141 g/mol. The van der Waals surface area contributed by atoms with Crippen LogP contribution in [0.5, 0.6) is 0 Å². The van der Waals surface area contributed by atoms with Crippen LogP contribution in [0.2, 0.25) is 0 Å². The Labute approximate surface area is 55.7 Å². The van der Waals surface area contributed by atoms with Crippen molar-refractivity contribution in [2.24, 2.45) is 10.7 Å². The fourth-order valence-corrected chi connectivity index (χ4v) is 0.573. The summed E-state index contributed by atoms with van der Waals surface area (Å²) < 4.78 is 12.4. The minimum atomic E-state index is -1.79. The van der Waals surface area contributed by atoms with Crippen LogP contribution in [0.25, 0.3) is 0 Å². The molecule has 0 saturated heterocycles. The lowest BCUT2D eigenvalue weighted by Crippen LogP contribution is -2.51. The molecule has 1 aliphatic heterocycles. The Kier molecular flexibility index (Phi) is 1.54. The van der Waals surface area contributed by atoms with Crippen LogP contribution in [-0.4, -0.2) is 29.4 Å². The molecule has 1 rings (SSSR count). The smallest absolute Gasteiger partial charge is 0.344 e. The predicted molar refractivity (Wildman–Crippen MR) is 31.1 cm³/mol. The number of hydrogen-bond acceptors (Lipinski definition) is 3. The molecule has 4 N–H and O–H groups in total. The molecule has 0 unspecified atom stereocenters. The molecule has 6 heteroatoms. The molecule has 10 heavy (non-hydrogen) atoms. The van der Waals surface area contributed by atoms with Gasteiger partial charge >= 0.3 is 6.03 Å². The summed E-state index contributed by atoms with van der Waals surface area (Å²) in [6, 6.07) is -0.820. The van der Waals surface area contributed by atoms with Crippen LogP contribution >= 0.6 is 0 Å². The monoisotopic (exact) mass is 147 g/mol. The van der Waals surface area contributed by atoms with E-state index in [0.717, 1.165) is 0 Å². The predicted octanol–water partition coefficient (Wildman–Crippen LogP) is -1.28. The summed E-state index contributed by atoms with van der Waals surface area (Å²) in [5.41, 5.74) is 4.91. The van der Waals surface area contributed by atoms with Gasteiger partial charge in [0, 0.05) is 0 Å². The van der Waals surface area contributed by atoms with E-state index in [1.54, 1.807) is 0 Å². The van der Waals surface area contributed by atoms with E-state index in [9.17, 15) is 9.18 Å². The van der Waals surface area contributed by atoms with E-state index in [1.807, 2.05) is 5.32 Å². The second-order valence-corrected chi connectivity index (χ2v) is 1.83. The van der Waals surface area contributed by atoms with Crippen LogP contribution < -0.4 is 11.1 Å². The summed E-state index contributed by atoms with van der Waals surface area (Å²) in [5, 5.41) is 10.5. The number of halogens is 1. The van der Waals surface area contributed by atoms with Crippen LogP contribution in [0, 0.1) is 0 Å². The summed E-state index contributed by atoms with van der Waals surface area (Å²) in [7, 11) is 0. The number of aliphatic hydroxyl groups excluding tert-OH is 1. The number of nitrogens with zero attached hydrogens (tertiary/aromatic N) is 1. The van der Waals surface area contributed by atoms with E-state index >= 15 is 0 Å². The molecule has 2 atom stereocenters. The van der Waals surface area contributed by atoms with Crippen molar-refractivity contribution in [1.29, 1.82) is 0 Å². The quantitative estimate of drug-likeness (QED) is 0.399. The molecule has 0 radical (unpaired) electrons. The van der Waals surface area contributed by atoms with E-state index in [-0.39, 0.29) is 0 Å². The first-order valence-electron chi connectivity index (χ1n) is 2.58. The average molecular weight is 147 g/mol. The maximum absolute atomic E-state index is 12.4. The Morgan fingerprint density at radius 3 is 2.90 bits per heavy atom. The highest BCUT2D eigenvalue weighted by molar-refractivity contribution is 5.98. The molecule has 0 spiro atoms. The zero-order valence-corrected chi connectivity index (χ0v) is 4.91. The van der Waals surface area contributed by atoms with Crippen molar-refractivity contribution in [1.82, 2.24) is 5.32 Å². The summed E-state index contributed by atoms with van der Waals surface area (Å²) in [4.78, 5) is 13.3. The normalized spacial score (nSPS) is 33.0. The van der Waals surface area contributed by atoms with Gasteiger partial charge in [0.1, 0.15) is 5.84 Å². The summed E-state index contributed by atoms with van der Waals surface area (Å²) in [6.07, 6.45) is -3.36. The standard InChI is InChI=1S/C4H6FN3O2/c5-1-2(6)7-4(10)8-3(1)9/h1,3,9H,(H3,6,7,8,10)/t1-,3+/m1/s1. The van der Waals surface area contributed by atoms with Gasteiger partial charge in [-0.3, -0.25) is 0 Å². The average Bonchev–Trinajstić information content (AvgIpc) is 1.82. The molecule has 1 heterocycles. The first-order valence-corrected chi connectivity index (χ1v) is 2.58. The van der Waals surface area contributed by atoms with Gasteiger partial charge in [-0.05, 0) is 0 Å². The van der Waals surface area contributed by atoms with E-state index in [1.165, 1.54) is 0 Å². The number of alkyl halides is 1. The molecule has 0 bridgehead atoms. The van der Waals surface area contributed by atoms with Gasteiger partial charge in [0.25, 0.3) is 0 Å². The Morgan fingerprint density at radius 1 is 1.80 bits per heavy atom. The highest BCUT2D eigenvalue weighted by atomic mass is 19.1. The SMILES string of the molecule is NC1=NC(=O)N[C@@H](O)[C@@H]1F. The maximum Gasteiger partial charge on any atom is 0.344 e. The van der Waals surface area contributed by atoms with Gasteiger partial charge in [-0.1, -0.05) is 0 Å². The summed E-state index contributed by atoms with van der Waals surface area (Å²) >= 11 is 0. The van der Waals surface area contributed by atoms with Gasteiger partial charge < -0.3 is 16.2 Å². The maximum atomic E-state index is 12.4. The number of aliphatic hydroxyl groups is 1. The van der Waals surface area contributed by atoms with Crippen LogP contribution in [0.1, 0.15) is 0 Å². The van der Waals surface area contributed by atoms with Crippen molar-refractivity contribution in [3.63, 3.8) is 0 Å². The number of aliphatic imine (C=N–C) groups is 1. The number of amides is 2. The Bertz CT molecular complexity index is 193. The number of amidine groups is 1. The van der Waals surface area contributed by atoms with E-state index < -0.39 is 24.3 Å². The third kappa shape index (κ3) is 1.06. The van der Waals surface area contributed by atoms with Gasteiger partial charge in [-0.15, -0.1) is 0 Å². The first-order chi connectivity index (χ1) is 4.61. The van der Waals surface area contributed by atoms with Gasteiger partial charge in [0.15, 0.2) is 6.23 Å². The number of carbonyl (C=O) groups excluding carboxylic acids is 1. The molecule has 0 aromatic heterocycles. The fraction of sp³-hybridized carbons (Fsp3) is 0.500. The van der Waals surface area contributed by atoms with Crippen LogP contribution in [-0.2, 0) is 0 Å². The topological polar surface area (TPSA) is 87.7 Å². The van der Waals surface area contributed by atoms with Crippen molar-refractivity contribution in [2.45, 2.75) is 12.4 Å². The van der Waals surface area contributed by atoms with E-state index in [4.69, 9.17) is 10.8 Å². The molecule has 0 saturated carbocycles. The lowest BCUT2D eigenvalue weighted by Gasteiger charge is -2.19.